The summed E-state index contributed by atoms with van der Waals surface area (Å²) < 4.78 is 22.0. The Morgan fingerprint density at radius 1 is 1.09 bits per heavy atom. The highest BCUT2D eigenvalue weighted by Crippen LogP contribution is 2.43. The van der Waals surface area contributed by atoms with Crippen molar-refractivity contribution in [1.82, 2.24) is 0 Å². The summed E-state index contributed by atoms with van der Waals surface area (Å²) in [6.45, 7) is 1.49. The van der Waals surface area contributed by atoms with E-state index in [1.165, 1.54) is 6.92 Å². The van der Waals surface area contributed by atoms with Gasteiger partial charge in [0.15, 0.2) is 9.84 Å². The van der Waals surface area contributed by atoms with E-state index >= 15 is 0 Å². The Labute approximate surface area is 144 Å². The maximum Gasteiger partial charge on any atom is 0.229 e. The van der Waals surface area contributed by atoms with E-state index in [0.29, 0.717) is 5.56 Å². The zero-order valence-corrected chi connectivity index (χ0v) is 15.1. The molecule has 6 heteroatoms. The van der Waals surface area contributed by atoms with Gasteiger partial charge in [0.25, 0.3) is 0 Å². The van der Waals surface area contributed by atoms with Gasteiger partial charge in [0.05, 0.1) is 5.75 Å². The molecule has 22 heavy (non-hydrogen) atoms. The standard InChI is InChI=1S/C16H16BrClO3S/c1-2-22(20,21)16(17,18)15(19)14-10-8-13(9-11-14)12-6-4-3-5-7-12/h3-11,15,19H,2H2,1H3/t15-,16-/m1/s1. The topological polar surface area (TPSA) is 54.4 Å². The first-order valence-electron chi connectivity index (χ1n) is 6.73. The van der Waals surface area contributed by atoms with Crippen LogP contribution in [0.1, 0.15) is 18.6 Å². The number of aliphatic hydroxyl groups excluding tert-OH is 1. The Morgan fingerprint density at radius 2 is 1.59 bits per heavy atom. The van der Waals surface area contributed by atoms with E-state index in [-0.39, 0.29) is 5.75 Å². The third kappa shape index (κ3) is 3.38. The maximum absolute atomic E-state index is 12.0. The summed E-state index contributed by atoms with van der Waals surface area (Å²) in [4.78, 5) is 0. The average Bonchev–Trinajstić information content (AvgIpc) is 2.55. The number of sulfone groups is 1. The summed E-state index contributed by atoms with van der Waals surface area (Å²) in [6.07, 6.45) is -1.37. The zero-order chi connectivity index (χ0) is 16.4. The molecule has 2 aromatic rings. The van der Waals surface area contributed by atoms with Crippen molar-refractivity contribution in [3.05, 3.63) is 60.2 Å². The molecule has 0 aliphatic carbocycles. The number of halogens is 2. The number of rotatable bonds is 5. The van der Waals surface area contributed by atoms with E-state index in [0.717, 1.165) is 11.1 Å². The third-order valence-corrected chi connectivity index (χ3v) is 8.08. The van der Waals surface area contributed by atoms with Crippen molar-refractivity contribution in [2.24, 2.45) is 0 Å². The van der Waals surface area contributed by atoms with Crippen LogP contribution in [0.2, 0.25) is 0 Å². The van der Waals surface area contributed by atoms with Crippen LogP contribution in [0, 0.1) is 0 Å². The second-order valence-corrected chi connectivity index (χ2v) is 10.4. The molecule has 2 aromatic carbocycles. The van der Waals surface area contributed by atoms with E-state index in [9.17, 15) is 13.5 Å². The summed E-state index contributed by atoms with van der Waals surface area (Å²) in [6, 6.07) is 16.8. The van der Waals surface area contributed by atoms with E-state index in [1.54, 1.807) is 12.1 Å². The van der Waals surface area contributed by atoms with Crippen LogP contribution in [-0.2, 0) is 9.84 Å². The molecular weight excluding hydrogens is 388 g/mol. The first-order chi connectivity index (χ1) is 10.3. The Balaban J connectivity index is 2.31. The number of aliphatic hydroxyl groups is 1. The molecule has 3 nitrogen and oxygen atoms in total. The first-order valence-corrected chi connectivity index (χ1v) is 9.55. The summed E-state index contributed by atoms with van der Waals surface area (Å²) in [5.41, 5.74) is 2.45. The van der Waals surface area contributed by atoms with Crippen molar-refractivity contribution in [1.29, 1.82) is 0 Å². The van der Waals surface area contributed by atoms with Crippen LogP contribution in [0.5, 0.6) is 0 Å². The molecule has 118 valence electrons. The van der Waals surface area contributed by atoms with Crippen molar-refractivity contribution in [2.45, 2.75) is 16.1 Å². The van der Waals surface area contributed by atoms with Gasteiger partial charge in [-0.1, -0.05) is 73.1 Å². The lowest BCUT2D eigenvalue weighted by Gasteiger charge is -2.26. The fourth-order valence-electron chi connectivity index (χ4n) is 2.05. The van der Waals surface area contributed by atoms with Crippen LogP contribution in [0.15, 0.2) is 54.6 Å². The number of hydrogen-bond acceptors (Lipinski definition) is 3. The highest BCUT2D eigenvalue weighted by molar-refractivity contribution is 9.12. The average molecular weight is 404 g/mol. The molecule has 0 aliphatic heterocycles. The molecule has 2 rings (SSSR count). The number of hydrogen-bond donors (Lipinski definition) is 1. The van der Waals surface area contributed by atoms with Crippen molar-refractivity contribution < 1.29 is 13.5 Å². The van der Waals surface area contributed by atoms with Gasteiger partial charge < -0.3 is 5.11 Å². The van der Waals surface area contributed by atoms with E-state index < -0.39 is 19.1 Å². The highest BCUT2D eigenvalue weighted by Gasteiger charge is 2.45. The van der Waals surface area contributed by atoms with Crippen molar-refractivity contribution in [3.63, 3.8) is 0 Å². The van der Waals surface area contributed by atoms with E-state index in [2.05, 4.69) is 15.9 Å². The van der Waals surface area contributed by atoms with Crippen molar-refractivity contribution >= 4 is 37.4 Å². The molecule has 0 aliphatic rings. The molecule has 0 fully saturated rings. The van der Waals surface area contributed by atoms with Gasteiger partial charge in [0.2, 0.25) is 3.12 Å². The molecule has 0 unspecified atom stereocenters. The van der Waals surface area contributed by atoms with E-state index in [4.69, 9.17) is 11.6 Å². The SMILES string of the molecule is CCS(=O)(=O)[C@@](Cl)(Br)[C@H](O)c1ccc(-c2ccccc2)cc1. The molecule has 0 saturated carbocycles. The minimum atomic E-state index is -3.68. The zero-order valence-electron chi connectivity index (χ0n) is 11.9. The largest absolute Gasteiger partial charge is 0.385 e. The van der Waals surface area contributed by atoms with Crippen LogP contribution in [0.4, 0.5) is 0 Å². The molecule has 2 atom stereocenters. The highest BCUT2D eigenvalue weighted by atomic mass is 79.9. The quantitative estimate of drug-likeness (QED) is 0.764. The smallest absolute Gasteiger partial charge is 0.229 e. The molecule has 0 heterocycles. The van der Waals surface area contributed by atoms with Crippen LogP contribution in [0.3, 0.4) is 0 Å². The normalized spacial score (nSPS) is 16.0. The molecule has 0 spiro atoms. The van der Waals surface area contributed by atoms with Gasteiger partial charge in [0.1, 0.15) is 6.10 Å². The number of benzene rings is 2. The van der Waals surface area contributed by atoms with Gasteiger partial charge in [-0.25, -0.2) is 8.42 Å². The Kier molecular flexibility index (Phi) is 5.33. The predicted octanol–water partition coefficient (Wildman–Crippen LogP) is 4.11. The van der Waals surface area contributed by atoms with Gasteiger partial charge in [-0.2, -0.15) is 0 Å². The van der Waals surface area contributed by atoms with E-state index in [1.807, 2.05) is 42.5 Å². The third-order valence-electron chi connectivity index (χ3n) is 3.45. The van der Waals surface area contributed by atoms with Crippen LogP contribution in [0.25, 0.3) is 11.1 Å². The number of alkyl halides is 2. The monoisotopic (exact) mass is 402 g/mol. The molecule has 0 bridgehead atoms. The molecule has 0 aromatic heterocycles. The van der Waals surface area contributed by atoms with Gasteiger partial charge in [-0.3, -0.25) is 0 Å². The van der Waals surface area contributed by atoms with Crippen LogP contribution in [-0.4, -0.2) is 22.4 Å². The minimum Gasteiger partial charge on any atom is -0.385 e. The Hall–Kier alpha value is -0.880. The molecule has 1 N–H and O–H groups in total. The maximum atomic E-state index is 12.0. The van der Waals surface area contributed by atoms with Gasteiger partial charge in [0, 0.05) is 0 Å². The first kappa shape index (κ1) is 17.5. The van der Waals surface area contributed by atoms with Crippen LogP contribution < -0.4 is 0 Å². The molecule has 0 radical (unpaired) electrons. The van der Waals surface area contributed by atoms with Crippen molar-refractivity contribution in [2.75, 3.05) is 5.75 Å². The lowest BCUT2D eigenvalue weighted by molar-refractivity contribution is 0.185. The molecule has 0 amide bonds. The lowest BCUT2D eigenvalue weighted by Crippen LogP contribution is -2.34. The van der Waals surface area contributed by atoms with Gasteiger partial charge >= 0.3 is 0 Å². The Bertz CT molecular complexity index is 728. The summed E-state index contributed by atoms with van der Waals surface area (Å²) >= 11 is 9.01. The lowest BCUT2D eigenvalue weighted by atomic mass is 10.0. The van der Waals surface area contributed by atoms with Crippen LogP contribution >= 0.6 is 27.5 Å². The van der Waals surface area contributed by atoms with Gasteiger partial charge in [-0.15, -0.1) is 0 Å². The second kappa shape index (κ2) is 6.71. The van der Waals surface area contributed by atoms with Gasteiger partial charge in [-0.05, 0) is 32.6 Å². The molecule has 0 saturated heterocycles. The summed E-state index contributed by atoms with van der Waals surface area (Å²) in [7, 11) is -3.68. The molecular formula is C16H16BrClO3S. The van der Waals surface area contributed by atoms with Crippen molar-refractivity contribution in [3.8, 4) is 11.1 Å². The Morgan fingerprint density at radius 3 is 2.09 bits per heavy atom. The fourth-order valence-corrected chi connectivity index (χ4v) is 4.31. The summed E-state index contributed by atoms with van der Waals surface area (Å²) in [5, 5.41) is 10.3. The fraction of sp³-hybridized carbons (Fsp3) is 0.250. The summed E-state index contributed by atoms with van der Waals surface area (Å²) in [5.74, 6) is -0.166. The minimum absolute atomic E-state index is 0.166. The second-order valence-electron chi connectivity index (χ2n) is 4.86. The predicted molar refractivity (Wildman–Crippen MR) is 93.8 cm³/mol.